The van der Waals surface area contributed by atoms with E-state index in [-0.39, 0.29) is 11.4 Å². The molecule has 0 heterocycles. The van der Waals surface area contributed by atoms with Gasteiger partial charge in [0.15, 0.2) is 0 Å². The highest BCUT2D eigenvalue weighted by molar-refractivity contribution is 5.73. The van der Waals surface area contributed by atoms with Crippen LogP contribution in [0.3, 0.4) is 0 Å². The first-order valence-electron chi connectivity index (χ1n) is 5.91. The molecule has 1 aliphatic rings. The fourth-order valence-electron chi connectivity index (χ4n) is 2.28. The molecule has 1 saturated carbocycles. The van der Waals surface area contributed by atoms with Crippen LogP contribution < -0.4 is 10.6 Å². The van der Waals surface area contributed by atoms with Crippen LogP contribution in [-0.2, 0) is 4.79 Å². The summed E-state index contributed by atoms with van der Waals surface area (Å²) in [5.41, 5.74) is 0.200. The zero-order valence-corrected chi connectivity index (χ0v) is 10.4. The van der Waals surface area contributed by atoms with Crippen molar-refractivity contribution in [3.05, 3.63) is 0 Å². The average Bonchev–Trinajstić information content (AvgIpc) is 2.05. The Morgan fingerprint density at radius 2 is 1.53 bits per heavy atom. The summed E-state index contributed by atoms with van der Waals surface area (Å²) in [5, 5.41) is 6.62. The molecule has 0 aliphatic heterocycles. The summed E-state index contributed by atoms with van der Waals surface area (Å²) in [6, 6.07) is 1.02. The van der Waals surface area contributed by atoms with Gasteiger partial charge in [0.05, 0.1) is 0 Å². The molecule has 88 valence electrons. The Balaban J connectivity index is 2.27. The van der Waals surface area contributed by atoms with Gasteiger partial charge in [-0.2, -0.15) is 0 Å². The lowest BCUT2D eigenvalue weighted by molar-refractivity contribution is -0.119. The number of hydrogen-bond donors (Lipinski definition) is 2. The van der Waals surface area contributed by atoms with Crippen molar-refractivity contribution < 1.29 is 4.79 Å². The second-order valence-electron chi connectivity index (χ2n) is 5.64. The predicted octanol–water partition coefficient (Wildman–Crippen LogP) is 1.82. The van der Waals surface area contributed by atoms with Crippen molar-refractivity contribution in [2.75, 3.05) is 0 Å². The molecule has 3 nitrogen and oxygen atoms in total. The lowest BCUT2D eigenvalue weighted by atomic mass is 9.89. The zero-order chi connectivity index (χ0) is 11.5. The minimum absolute atomic E-state index is 0.0993. The van der Waals surface area contributed by atoms with Crippen molar-refractivity contribution in [3.63, 3.8) is 0 Å². The summed E-state index contributed by atoms with van der Waals surface area (Å²) in [5.74, 6) is 0.0993. The smallest absolute Gasteiger partial charge is 0.217 e. The van der Waals surface area contributed by atoms with Crippen molar-refractivity contribution >= 4 is 5.91 Å². The van der Waals surface area contributed by atoms with Crippen LogP contribution in [0.2, 0.25) is 0 Å². The van der Waals surface area contributed by atoms with Gasteiger partial charge in [-0.1, -0.05) is 0 Å². The van der Waals surface area contributed by atoms with E-state index in [0.29, 0.717) is 12.1 Å². The Labute approximate surface area is 93.0 Å². The molecule has 15 heavy (non-hydrogen) atoms. The Bertz CT molecular complexity index is 212. The molecule has 0 atom stereocenters. The zero-order valence-electron chi connectivity index (χ0n) is 10.4. The molecule has 0 saturated heterocycles. The van der Waals surface area contributed by atoms with Gasteiger partial charge >= 0.3 is 0 Å². The van der Waals surface area contributed by atoms with E-state index in [4.69, 9.17) is 0 Å². The predicted molar refractivity (Wildman–Crippen MR) is 62.7 cm³/mol. The Kier molecular flexibility index (Phi) is 4.14. The number of carbonyl (C=O) groups is 1. The third kappa shape index (κ3) is 5.17. The molecule has 1 rings (SSSR count). The van der Waals surface area contributed by atoms with Crippen molar-refractivity contribution in [1.29, 1.82) is 0 Å². The van der Waals surface area contributed by atoms with E-state index in [9.17, 15) is 4.79 Å². The van der Waals surface area contributed by atoms with Gasteiger partial charge in [0.25, 0.3) is 0 Å². The summed E-state index contributed by atoms with van der Waals surface area (Å²) in [4.78, 5) is 10.9. The van der Waals surface area contributed by atoms with Crippen LogP contribution in [0.1, 0.15) is 53.4 Å². The molecular weight excluding hydrogens is 188 g/mol. The Morgan fingerprint density at radius 1 is 1.07 bits per heavy atom. The van der Waals surface area contributed by atoms with E-state index in [0.717, 1.165) is 12.8 Å². The van der Waals surface area contributed by atoms with E-state index in [1.54, 1.807) is 6.92 Å². The maximum Gasteiger partial charge on any atom is 0.217 e. The van der Waals surface area contributed by atoms with E-state index < -0.39 is 0 Å². The number of nitrogens with one attached hydrogen (secondary N) is 2. The van der Waals surface area contributed by atoms with Crippen molar-refractivity contribution in [2.24, 2.45) is 0 Å². The molecule has 3 heteroatoms. The number of hydrogen-bond acceptors (Lipinski definition) is 2. The summed E-state index contributed by atoms with van der Waals surface area (Å²) in [7, 11) is 0. The first-order valence-corrected chi connectivity index (χ1v) is 5.91. The second kappa shape index (κ2) is 4.97. The molecule has 0 aromatic heterocycles. The van der Waals surface area contributed by atoms with Crippen LogP contribution in [0.4, 0.5) is 0 Å². The fraction of sp³-hybridized carbons (Fsp3) is 0.917. The summed E-state index contributed by atoms with van der Waals surface area (Å²) >= 11 is 0. The van der Waals surface area contributed by atoms with Crippen LogP contribution in [0, 0.1) is 0 Å². The molecule has 1 aliphatic carbocycles. The second-order valence-corrected chi connectivity index (χ2v) is 5.64. The van der Waals surface area contributed by atoms with Crippen LogP contribution >= 0.6 is 0 Å². The summed E-state index contributed by atoms with van der Waals surface area (Å²) in [6.45, 7) is 8.20. The van der Waals surface area contributed by atoms with Gasteiger partial charge in [0.1, 0.15) is 0 Å². The molecule has 1 amide bonds. The number of amides is 1. The minimum atomic E-state index is 0.0993. The van der Waals surface area contributed by atoms with E-state index in [1.165, 1.54) is 12.8 Å². The van der Waals surface area contributed by atoms with Gasteiger partial charge in [-0.05, 0) is 46.5 Å². The highest BCUT2D eigenvalue weighted by Gasteiger charge is 2.24. The molecule has 1 fully saturated rings. The standard InChI is InChI=1S/C12H24N2O/c1-9(15)13-10-5-7-11(8-6-10)14-12(2,3)4/h10-11,14H,5-8H2,1-4H3,(H,13,15)/t10-,11-. The molecule has 0 unspecified atom stereocenters. The third-order valence-corrected chi connectivity index (χ3v) is 2.77. The SMILES string of the molecule is CC(=O)N[C@H]1CC[C@H](NC(C)(C)C)CC1. The fourth-order valence-corrected chi connectivity index (χ4v) is 2.28. The quantitative estimate of drug-likeness (QED) is 0.733. The average molecular weight is 212 g/mol. The Morgan fingerprint density at radius 3 is 1.93 bits per heavy atom. The van der Waals surface area contributed by atoms with Gasteiger partial charge in [0.2, 0.25) is 5.91 Å². The van der Waals surface area contributed by atoms with Gasteiger partial charge in [-0.25, -0.2) is 0 Å². The molecule has 0 spiro atoms. The van der Waals surface area contributed by atoms with Crippen LogP contribution in [-0.4, -0.2) is 23.5 Å². The largest absolute Gasteiger partial charge is 0.354 e. The first-order chi connectivity index (χ1) is 6.87. The van der Waals surface area contributed by atoms with Gasteiger partial charge in [0, 0.05) is 24.5 Å². The van der Waals surface area contributed by atoms with Crippen LogP contribution in [0.5, 0.6) is 0 Å². The summed E-state index contributed by atoms with van der Waals surface area (Å²) < 4.78 is 0. The number of carbonyl (C=O) groups excluding carboxylic acids is 1. The highest BCUT2D eigenvalue weighted by atomic mass is 16.1. The first kappa shape index (κ1) is 12.5. The normalized spacial score (nSPS) is 27.5. The van der Waals surface area contributed by atoms with E-state index >= 15 is 0 Å². The van der Waals surface area contributed by atoms with E-state index in [1.807, 2.05) is 0 Å². The van der Waals surface area contributed by atoms with E-state index in [2.05, 4.69) is 31.4 Å². The molecule has 0 aromatic carbocycles. The molecule has 0 radical (unpaired) electrons. The lowest BCUT2D eigenvalue weighted by Crippen LogP contribution is -2.47. The van der Waals surface area contributed by atoms with Crippen molar-refractivity contribution in [2.45, 2.75) is 71.0 Å². The van der Waals surface area contributed by atoms with Crippen LogP contribution in [0.25, 0.3) is 0 Å². The highest BCUT2D eigenvalue weighted by Crippen LogP contribution is 2.20. The maximum absolute atomic E-state index is 10.9. The van der Waals surface area contributed by atoms with Gasteiger partial charge < -0.3 is 10.6 Å². The third-order valence-electron chi connectivity index (χ3n) is 2.77. The minimum Gasteiger partial charge on any atom is -0.354 e. The molecular formula is C12H24N2O. The molecule has 2 N–H and O–H groups in total. The van der Waals surface area contributed by atoms with Crippen molar-refractivity contribution in [1.82, 2.24) is 10.6 Å². The number of rotatable bonds is 2. The van der Waals surface area contributed by atoms with Gasteiger partial charge in [-0.3, -0.25) is 4.79 Å². The molecule has 0 aromatic rings. The van der Waals surface area contributed by atoms with Gasteiger partial charge in [-0.15, -0.1) is 0 Å². The van der Waals surface area contributed by atoms with Crippen LogP contribution in [0.15, 0.2) is 0 Å². The maximum atomic E-state index is 10.9. The monoisotopic (exact) mass is 212 g/mol. The van der Waals surface area contributed by atoms with Crippen molar-refractivity contribution in [3.8, 4) is 0 Å². The Hall–Kier alpha value is -0.570. The molecule has 0 bridgehead atoms. The summed E-state index contributed by atoms with van der Waals surface area (Å²) in [6.07, 6.45) is 4.55. The lowest BCUT2D eigenvalue weighted by Gasteiger charge is -2.34. The topological polar surface area (TPSA) is 41.1 Å².